The molecule has 0 unspecified atom stereocenters. The molecule has 2 heterocycles. The zero-order valence-corrected chi connectivity index (χ0v) is 17.0. The van der Waals surface area contributed by atoms with Gasteiger partial charge in [0.15, 0.2) is 5.96 Å². The molecule has 5 heteroatoms. The van der Waals surface area contributed by atoms with Gasteiger partial charge in [-0.05, 0) is 41.7 Å². The molecule has 0 aliphatic carbocycles. The van der Waals surface area contributed by atoms with Gasteiger partial charge in [-0.25, -0.2) is 0 Å². The van der Waals surface area contributed by atoms with Crippen molar-refractivity contribution in [2.75, 3.05) is 13.6 Å². The molecule has 0 radical (unpaired) electrons. The number of pyridine rings is 1. The first-order valence-electron chi connectivity index (χ1n) is 10.1. The summed E-state index contributed by atoms with van der Waals surface area (Å²) in [5.41, 5.74) is 6.18. The Morgan fingerprint density at radius 3 is 2.69 bits per heavy atom. The average Bonchev–Trinajstić information content (AvgIpc) is 3.19. The topological polar surface area (TPSA) is 65.1 Å². The number of nitrogens with one attached hydrogen (secondary N) is 3. The molecule has 0 aliphatic heterocycles. The van der Waals surface area contributed by atoms with Crippen LogP contribution in [0.1, 0.15) is 23.6 Å². The number of hydrogen-bond donors (Lipinski definition) is 3. The molecule has 4 rings (SSSR count). The fourth-order valence-electron chi connectivity index (χ4n) is 3.80. The van der Waals surface area contributed by atoms with E-state index >= 15 is 0 Å². The number of aliphatic imine (C=N–C) groups is 1. The number of aryl methyl sites for hydroxylation is 1. The Morgan fingerprint density at radius 2 is 1.83 bits per heavy atom. The van der Waals surface area contributed by atoms with Crippen LogP contribution >= 0.6 is 0 Å². The molecular weight excluding hydrogens is 358 g/mol. The minimum Gasteiger partial charge on any atom is -0.361 e. The maximum absolute atomic E-state index is 4.43. The van der Waals surface area contributed by atoms with E-state index in [-0.39, 0.29) is 0 Å². The Bertz CT molecular complexity index is 1140. The quantitative estimate of drug-likeness (QED) is 0.344. The van der Waals surface area contributed by atoms with Crippen molar-refractivity contribution in [2.24, 2.45) is 4.99 Å². The normalized spacial score (nSPS) is 11.9. The zero-order valence-electron chi connectivity index (χ0n) is 17.0. The van der Waals surface area contributed by atoms with Gasteiger partial charge in [-0.1, -0.05) is 43.3 Å². The zero-order chi connectivity index (χ0) is 20.1. The van der Waals surface area contributed by atoms with Gasteiger partial charge in [-0.15, -0.1) is 0 Å². The van der Waals surface area contributed by atoms with Crippen molar-refractivity contribution in [3.63, 3.8) is 0 Å². The molecule has 0 fully saturated rings. The number of benzene rings is 2. The number of nitrogens with zero attached hydrogens (tertiary/aromatic N) is 2. The first-order valence-corrected chi connectivity index (χ1v) is 10.1. The van der Waals surface area contributed by atoms with E-state index in [4.69, 9.17) is 0 Å². The number of aromatic nitrogens is 2. The second kappa shape index (κ2) is 8.78. The fourth-order valence-corrected chi connectivity index (χ4v) is 3.80. The summed E-state index contributed by atoms with van der Waals surface area (Å²) in [7, 11) is 1.80. The van der Waals surface area contributed by atoms with Crippen LogP contribution in [-0.2, 0) is 19.4 Å². The second-order valence-electron chi connectivity index (χ2n) is 7.10. The lowest BCUT2D eigenvalue weighted by atomic mass is 10.1. The highest BCUT2D eigenvalue weighted by molar-refractivity contribution is 5.86. The van der Waals surface area contributed by atoms with Gasteiger partial charge in [0.2, 0.25) is 0 Å². The third kappa shape index (κ3) is 4.09. The van der Waals surface area contributed by atoms with Crippen molar-refractivity contribution >= 4 is 27.8 Å². The van der Waals surface area contributed by atoms with Crippen molar-refractivity contribution in [2.45, 2.75) is 26.3 Å². The van der Waals surface area contributed by atoms with Gasteiger partial charge in [0, 0.05) is 48.8 Å². The van der Waals surface area contributed by atoms with Crippen LogP contribution < -0.4 is 10.6 Å². The van der Waals surface area contributed by atoms with Gasteiger partial charge in [0.1, 0.15) is 0 Å². The summed E-state index contributed by atoms with van der Waals surface area (Å²) in [6, 6.07) is 16.8. The monoisotopic (exact) mass is 385 g/mol. The summed E-state index contributed by atoms with van der Waals surface area (Å²) in [5, 5.41) is 9.33. The molecule has 0 spiro atoms. The standard InChI is InChI=1S/C24H27N5/c1-3-17-7-6-9-21-19(15-28-23(17)21)12-14-27-24(25-2)29-16-18-11-13-26-22-10-5-4-8-20(18)22/h4-11,13,15,28H,3,12,14,16H2,1-2H3,(H2,25,27,29). The van der Waals surface area contributed by atoms with E-state index in [1.54, 1.807) is 7.05 Å². The lowest BCUT2D eigenvalue weighted by Crippen LogP contribution is -2.37. The predicted octanol–water partition coefficient (Wildman–Crippen LogP) is 4.19. The number of hydrogen-bond acceptors (Lipinski definition) is 2. The summed E-state index contributed by atoms with van der Waals surface area (Å²) in [6.07, 6.45) is 5.96. The molecule has 0 saturated heterocycles. The molecule has 2 aromatic heterocycles. The molecule has 3 N–H and O–H groups in total. The summed E-state index contributed by atoms with van der Waals surface area (Å²) in [6.45, 7) is 3.72. The van der Waals surface area contributed by atoms with Crippen molar-refractivity contribution in [1.82, 2.24) is 20.6 Å². The first-order chi connectivity index (χ1) is 14.3. The molecule has 0 aliphatic rings. The minimum absolute atomic E-state index is 0.704. The number of rotatable bonds is 6. The second-order valence-corrected chi connectivity index (χ2v) is 7.10. The highest BCUT2D eigenvalue weighted by Crippen LogP contribution is 2.22. The Labute approximate surface area is 171 Å². The molecule has 0 bridgehead atoms. The van der Waals surface area contributed by atoms with Gasteiger partial charge in [-0.2, -0.15) is 0 Å². The van der Waals surface area contributed by atoms with Crippen molar-refractivity contribution in [1.29, 1.82) is 0 Å². The van der Waals surface area contributed by atoms with Crippen LogP contribution in [0.2, 0.25) is 0 Å². The molecule has 0 amide bonds. The van der Waals surface area contributed by atoms with Crippen molar-refractivity contribution in [3.8, 4) is 0 Å². The van der Waals surface area contributed by atoms with E-state index in [0.29, 0.717) is 6.54 Å². The Kier molecular flexibility index (Phi) is 5.75. The Hall–Kier alpha value is -3.34. The summed E-state index contributed by atoms with van der Waals surface area (Å²) in [4.78, 5) is 12.2. The van der Waals surface area contributed by atoms with Crippen LogP contribution in [0.3, 0.4) is 0 Å². The molecule has 0 saturated carbocycles. The molecule has 29 heavy (non-hydrogen) atoms. The lowest BCUT2D eigenvalue weighted by Gasteiger charge is -2.13. The SMILES string of the molecule is CCc1cccc2c(CCNC(=NC)NCc3ccnc4ccccc34)c[nH]c12. The fraction of sp³-hybridized carbons (Fsp3) is 0.250. The van der Waals surface area contributed by atoms with Gasteiger partial charge in [0.25, 0.3) is 0 Å². The van der Waals surface area contributed by atoms with Crippen LogP contribution in [0, 0.1) is 0 Å². The van der Waals surface area contributed by atoms with E-state index in [1.165, 1.54) is 33.0 Å². The highest BCUT2D eigenvalue weighted by atomic mass is 15.2. The van der Waals surface area contributed by atoms with Gasteiger partial charge >= 0.3 is 0 Å². The molecule has 4 aromatic rings. The van der Waals surface area contributed by atoms with Crippen LogP contribution in [0.25, 0.3) is 21.8 Å². The number of guanidine groups is 1. The van der Waals surface area contributed by atoms with E-state index in [1.807, 2.05) is 24.4 Å². The van der Waals surface area contributed by atoms with Crippen LogP contribution in [0.5, 0.6) is 0 Å². The number of para-hydroxylation sites is 2. The minimum atomic E-state index is 0.704. The smallest absolute Gasteiger partial charge is 0.191 e. The Morgan fingerprint density at radius 1 is 0.966 bits per heavy atom. The number of fused-ring (bicyclic) bond motifs is 2. The number of H-pyrrole nitrogens is 1. The average molecular weight is 386 g/mol. The van der Waals surface area contributed by atoms with Crippen LogP contribution in [0.15, 0.2) is 65.9 Å². The molecule has 0 atom stereocenters. The van der Waals surface area contributed by atoms with E-state index < -0.39 is 0 Å². The summed E-state index contributed by atoms with van der Waals surface area (Å²) in [5.74, 6) is 0.806. The maximum Gasteiger partial charge on any atom is 0.191 e. The largest absolute Gasteiger partial charge is 0.361 e. The molecule has 148 valence electrons. The van der Waals surface area contributed by atoms with Gasteiger partial charge in [0.05, 0.1) is 5.52 Å². The van der Waals surface area contributed by atoms with Crippen molar-refractivity contribution in [3.05, 3.63) is 77.6 Å². The van der Waals surface area contributed by atoms with Crippen LogP contribution in [0.4, 0.5) is 0 Å². The highest BCUT2D eigenvalue weighted by Gasteiger charge is 2.07. The Balaban J connectivity index is 1.37. The number of aromatic amines is 1. The van der Waals surface area contributed by atoms with Crippen molar-refractivity contribution < 1.29 is 0 Å². The molecular formula is C24H27N5. The van der Waals surface area contributed by atoms with E-state index in [0.717, 1.165) is 30.9 Å². The third-order valence-electron chi connectivity index (χ3n) is 5.36. The predicted molar refractivity (Wildman–Crippen MR) is 121 cm³/mol. The first kappa shape index (κ1) is 19.0. The van der Waals surface area contributed by atoms with Gasteiger partial charge in [-0.3, -0.25) is 9.98 Å². The van der Waals surface area contributed by atoms with E-state index in [2.05, 4.69) is 69.0 Å². The third-order valence-corrected chi connectivity index (χ3v) is 5.36. The van der Waals surface area contributed by atoms with Crippen LogP contribution in [-0.4, -0.2) is 29.5 Å². The molecule has 5 nitrogen and oxygen atoms in total. The maximum atomic E-state index is 4.43. The van der Waals surface area contributed by atoms with E-state index in [9.17, 15) is 0 Å². The summed E-state index contributed by atoms with van der Waals surface area (Å²) >= 11 is 0. The van der Waals surface area contributed by atoms with Gasteiger partial charge < -0.3 is 15.6 Å². The lowest BCUT2D eigenvalue weighted by molar-refractivity contribution is 0.798. The summed E-state index contributed by atoms with van der Waals surface area (Å²) < 4.78 is 0. The molecule has 2 aromatic carbocycles.